The zero-order chi connectivity index (χ0) is 19.4. The second-order valence-corrected chi connectivity index (χ2v) is 6.65. The highest BCUT2D eigenvalue weighted by Crippen LogP contribution is 2.38. The number of nitrogens with one attached hydrogen (secondary N) is 3. The fourth-order valence-corrected chi connectivity index (χ4v) is 2.85. The van der Waals surface area contributed by atoms with Crippen LogP contribution in [0, 0.1) is 18.8 Å². The van der Waals surface area contributed by atoms with Crippen LogP contribution in [0.1, 0.15) is 17.5 Å². The van der Waals surface area contributed by atoms with Crippen molar-refractivity contribution in [2.24, 2.45) is 11.8 Å². The number of carboxylic acids is 1. The number of amides is 3. The molecule has 0 saturated heterocycles. The molecule has 0 aromatic heterocycles. The zero-order valence-electron chi connectivity index (χ0n) is 14.9. The number of urea groups is 1. The van der Waals surface area contributed by atoms with E-state index in [1.807, 2.05) is 31.2 Å². The average Bonchev–Trinajstić information content (AvgIpc) is 3.41. The monoisotopic (exact) mass is 367 g/mol. The molecule has 0 spiro atoms. The Bertz CT molecular complexity index is 881. The number of anilines is 2. The smallest absolute Gasteiger partial charge is 0.323 e. The second kappa shape index (κ2) is 7.90. The molecule has 2 aromatic rings. The summed E-state index contributed by atoms with van der Waals surface area (Å²) in [5.74, 6) is -2.19. The number of carbonyl (C=O) groups excluding carboxylic acids is 2. The van der Waals surface area contributed by atoms with Crippen molar-refractivity contribution >= 4 is 29.3 Å². The summed E-state index contributed by atoms with van der Waals surface area (Å²) in [6.45, 7) is 2.22. The van der Waals surface area contributed by atoms with Crippen molar-refractivity contribution in [1.29, 1.82) is 0 Å². The van der Waals surface area contributed by atoms with Crippen LogP contribution in [0.2, 0.25) is 0 Å². The van der Waals surface area contributed by atoms with Crippen LogP contribution >= 0.6 is 0 Å². The number of hydrogen-bond donors (Lipinski definition) is 4. The first-order chi connectivity index (χ1) is 12.9. The maximum absolute atomic E-state index is 12.1. The van der Waals surface area contributed by atoms with Gasteiger partial charge in [0.05, 0.1) is 11.8 Å². The molecule has 2 atom stereocenters. The van der Waals surface area contributed by atoms with E-state index in [1.165, 1.54) is 0 Å². The van der Waals surface area contributed by atoms with Crippen molar-refractivity contribution in [3.8, 4) is 0 Å². The van der Waals surface area contributed by atoms with Crippen LogP contribution < -0.4 is 16.0 Å². The summed E-state index contributed by atoms with van der Waals surface area (Å²) in [6, 6.07) is 14.2. The van der Waals surface area contributed by atoms with Crippen molar-refractivity contribution in [1.82, 2.24) is 5.32 Å². The summed E-state index contributed by atoms with van der Waals surface area (Å²) in [5.41, 5.74) is 3.16. The van der Waals surface area contributed by atoms with Gasteiger partial charge >= 0.3 is 12.0 Å². The van der Waals surface area contributed by atoms with Crippen LogP contribution in [-0.4, -0.2) is 23.0 Å². The van der Waals surface area contributed by atoms with E-state index >= 15 is 0 Å². The van der Waals surface area contributed by atoms with E-state index in [-0.39, 0.29) is 18.5 Å². The molecule has 4 N–H and O–H groups in total. The number of rotatable bonds is 6. The largest absolute Gasteiger partial charge is 0.481 e. The molecule has 0 radical (unpaired) electrons. The Hall–Kier alpha value is -3.35. The summed E-state index contributed by atoms with van der Waals surface area (Å²) >= 11 is 0. The molecule has 27 heavy (non-hydrogen) atoms. The molecule has 1 fully saturated rings. The van der Waals surface area contributed by atoms with Crippen molar-refractivity contribution in [2.45, 2.75) is 19.9 Å². The standard InChI is InChI=1S/C20H21N3O4/c1-12-4-2-6-14(8-12)22-20(27)23-15-7-3-5-13(9-15)11-21-18(24)16-10-17(16)19(25)26/h2-9,16-17H,10-11H2,1H3,(H,21,24)(H,25,26)(H2,22,23,27). The number of benzene rings is 2. The van der Waals surface area contributed by atoms with Crippen LogP contribution in [0.5, 0.6) is 0 Å². The Morgan fingerprint density at radius 2 is 1.67 bits per heavy atom. The molecule has 0 heterocycles. The van der Waals surface area contributed by atoms with E-state index in [9.17, 15) is 14.4 Å². The highest BCUT2D eigenvalue weighted by Gasteiger charge is 2.48. The Balaban J connectivity index is 1.52. The lowest BCUT2D eigenvalue weighted by molar-refractivity contribution is -0.140. The van der Waals surface area contributed by atoms with Crippen LogP contribution in [0.25, 0.3) is 0 Å². The summed E-state index contributed by atoms with van der Waals surface area (Å²) in [7, 11) is 0. The van der Waals surface area contributed by atoms with E-state index in [2.05, 4.69) is 16.0 Å². The molecule has 7 nitrogen and oxygen atoms in total. The Morgan fingerprint density at radius 3 is 2.30 bits per heavy atom. The lowest BCUT2D eigenvalue weighted by atomic mass is 10.2. The molecule has 140 valence electrons. The number of carbonyl (C=O) groups is 3. The molecule has 7 heteroatoms. The van der Waals surface area contributed by atoms with Crippen LogP contribution in [-0.2, 0) is 16.1 Å². The first-order valence-electron chi connectivity index (χ1n) is 8.66. The van der Waals surface area contributed by atoms with Gasteiger partial charge in [0.2, 0.25) is 5.91 Å². The van der Waals surface area contributed by atoms with Crippen LogP contribution in [0.15, 0.2) is 48.5 Å². The third kappa shape index (κ3) is 5.07. The SMILES string of the molecule is Cc1cccc(NC(=O)Nc2cccc(CNC(=O)C3CC3C(=O)O)c2)c1. The topological polar surface area (TPSA) is 108 Å². The van der Waals surface area contributed by atoms with E-state index in [1.54, 1.807) is 24.3 Å². The summed E-state index contributed by atoms with van der Waals surface area (Å²) in [4.78, 5) is 34.9. The number of aryl methyl sites for hydroxylation is 1. The van der Waals surface area contributed by atoms with Crippen molar-refractivity contribution in [3.05, 3.63) is 59.7 Å². The van der Waals surface area contributed by atoms with Gasteiger partial charge in [-0.05, 0) is 48.7 Å². The first-order valence-corrected chi connectivity index (χ1v) is 8.66. The Morgan fingerprint density at radius 1 is 1.00 bits per heavy atom. The quantitative estimate of drug-likeness (QED) is 0.629. The van der Waals surface area contributed by atoms with Gasteiger partial charge in [-0.1, -0.05) is 24.3 Å². The molecular formula is C20H21N3O4. The summed E-state index contributed by atoms with van der Waals surface area (Å²) in [5, 5.41) is 17.1. The third-order valence-corrected chi connectivity index (χ3v) is 4.37. The molecule has 1 saturated carbocycles. The van der Waals surface area contributed by atoms with E-state index in [0.717, 1.165) is 11.1 Å². The van der Waals surface area contributed by atoms with E-state index in [0.29, 0.717) is 17.8 Å². The van der Waals surface area contributed by atoms with Crippen LogP contribution in [0.4, 0.5) is 16.2 Å². The highest BCUT2D eigenvalue weighted by atomic mass is 16.4. The molecule has 3 rings (SSSR count). The van der Waals surface area contributed by atoms with Crippen molar-refractivity contribution in [3.63, 3.8) is 0 Å². The molecule has 0 aliphatic heterocycles. The van der Waals surface area contributed by atoms with Crippen LogP contribution in [0.3, 0.4) is 0 Å². The molecular weight excluding hydrogens is 346 g/mol. The Labute approximate surface area is 156 Å². The average molecular weight is 367 g/mol. The lowest BCUT2D eigenvalue weighted by Gasteiger charge is -2.10. The molecule has 3 amide bonds. The van der Waals surface area contributed by atoms with Gasteiger partial charge in [-0.3, -0.25) is 9.59 Å². The van der Waals surface area contributed by atoms with Gasteiger partial charge in [0, 0.05) is 17.9 Å². The molecule has 1 aliphatic carbocycles. The molecule has 1 aliphatic rings. The highest BCUT2D eigenvalue weighted by molar-refractivity contribution is 5.99. The first kappa shape index (κ1) is 18.4. The predicted molar refractivity (Wildman–Crippen MR) is 101 cm³/mol. The normalized spacial score (nSPS) is 17.7. The van der Waals surface area contributed by atoms with Gasteiger partial charge < -0.3 is 21.1 Å². The fraction of sp³-hybridized carbons (Fsp3) is 0.250. The molecule has 2 aromatic carbocycles. The van der Waals surface area contributed by atoms with Crippen molar-refractivity contribution in [2.75, 3.05) is 10.6 Å². The number of carboxylic acid groups (broad SMARTS) is 1. The minimum absolute atomic E-state index is 0.252. The maximum Gasteiger partial charge on any atom is 0.323 e. The Kier molecular flexibility index (Phi) is 5.40. The van der Waals surface area contributed by atoms with Crippen molar-refractivity contribution < 1.29 is 19.5 Å². The second-order valence-electron chi connectivity index (χ2n) is 6.65. The van der Waals surface area contributed by atoms with Gasteiger partial charge in [0.1, 0.15) is 0 Å². The van der Waals surface area contributed by atoms with Gasteiger partial charge in [-0.25, -0.2) is 4.79 Å². The number of hydrogen-bond acceptors (Lipinski definition) is 3. The van der Waals surface area contributed by atoms with E-state index < -0.39 is 17.8 Å². The third-order valence-electron chi connectivity index (χ3n) is 4.37. The number of aliphatic carboxylic acids is 1. The fourth-order valence-electron chi connectivity index (χ4n) is 2.85. The molecule has 0 bridgehead atoms. The minimum Gasteiger partial charge on any atom is -0.481 e. The van der Waals surface area contributed by atoms with Gasteiger partial charge in [-0.15, -0.1) is 0 Å². The summed E-state index contributed by atoms with van der Waals surface area (Å²) < 4.78 is 0. The lowest BCUT2D eigenvalue weighted by Crippen LogP contribution is -2.26. The zero-order valence-corrected chi connectivity index (χ0v) is 14.9. The maximum atomic E-state index is 12.1. The molecule has 2 unspecified atom stereocenters. The van der Waals surface area contributed by atoms with Gasteiger partial charge in [0.25, 0.3) is 0 Å². The van der Waals surface area contributed by atoms with Gasteiger partial charge in [-0.2, -0.15) is 0 Å². The van der Waals surface area contributed by atoms with E-state index in [4.69, 9.17) is 5.11 Å². The minimum atomic E-state index is -0.930. The predicted octanol–water partition coefficient (Wildman–Crippen LogP) is 2.98. The van der Waals surface area contributed by atoms with Gasteiger partial charge in [0.15, 0.2) is 0 Å². The summed E-state index contributed by atoms with van der Waals surface area (Å²) in [6.07, 6.45) is 0.391.